The van der Waals surface area contributed by atoms with Crippen LogP contribution in [0.25, 0.3) is 16.7 Å². The number of aryl methyl sites for hydroxylation is 1. The number of benzene rings is 1. The Morgan fingerprint density at radius 2 is 1.94 bits per heavy atom. The van der Waals surface area contributed by atoms with Gasteiger partial charge in [0.2, 0.25) is 5.91 Å². The summed E-state index contributed by atoms with van der Waals surface area (Å²) in [5, 5.41) is 0.517. The van der Waals surface area contributed by atoms with Crippen LogP contribution in [-0.2, 0) is 11.3 Å². The first-order valence-corrected chi connectivity index (χ1v) is 11.1. The summed E-state index contributed by atoms with van der Waals surface area (Å²) in [7, 11) is 0. The summed E-state index contributed by atoms with van der Waals surface area (Å²) in [6.45, 7) is 0.0194. The van der Waals surface area contributed by atoms with Crippen molar-refractivity contribution in [3.63, 3.8) is 0 Å². The highest BCUT2D eigenvalue weighted by atomic mass is 32.2. The molecule has 0 aliphatic heterocycles. The lowest BCUT2D eigenvalue weighted by Gasteiger charge is -2.23. The molecule has 7 nitrogen and oxygen atoms in total. The number of carbonyl (C=O) groups excluding carboxylic acids is 1. The third-order valence-electron chi connectivity index (χ3n) is 4.91. The smallest absolute Gasteiger partial charge is 0.406 e. The molecule has 0 saturated heterocycles. The van der Waals surface area contributed by atoms with Crippen LogP contribution in [0.4, 0.5) is 13.2 Å². The van der Waals surface area contributed by atoms with Crippen molar-refractivity contribution in [3.8, 4) is 5.82 Å². The van der Waals surface area contributed by atoms with Gasteiger partial charge >= 0.3 is 6.18 Å². The van der Waals surface area contributed by atoms with E-state index in [2.05, 4.69) is 9.97 Å². The van der Waals surface area contributed by atoms with Gasteiger partial charge in [-0.2, -0.15) is 13.2 Å². The first-order valence-electron chi connectivity index (χ1n) is 10.2. The van der Waals surface area contributed by atoms with Gasteiger partial charge in [-0.15, -0.1) is 0 Å². The van der Waals surface area contributed by atoms with Crippen molar-refractivity contribution in [2.45, 2.75) is 24.8 Å². The molecule has 34 heavy (non-hydrogen) atoms. The maximum atomic E-state index is 13.3. The van der Waals surface area contributed by atoms with Crippen LogP contribution < -0.4 is 5.56 Å². The molecule has 0 radical (unpaired) electrons. The summed E-state index contributed by atoms with van der Waals surface area (Å²) < 4.78 is 45.8. The molecule has 0 spiro atoms. The van der Waals surface area contributed by atoms with E-state index < -0.39 is 18.6 Å². The maximum absolute atomic E-state index is 13.3. The lowest BCUT2D eigenvalue weighted by atomic mass is 10.2. The molecule has 4 rings (SSSR count). The summed E-state index contributed by atoms with van der Waals surface area (Å²) in [6, 6.07) is 13.2. The number of pyridine rings is 1. The number of aromatic nitrogens is 3. The zero-order valence-electron chi connectivity index (χ0n) is 18.0. The van der Waals surface area contributed by atoms with E-state index in [0.29, 0.717) is 27.2 Å². The number of carbonyl (C=O) groups is 1. The van der Waals surface area contributed by atoms with Crippen LogP contribution in [0.3, 0.4) is 0 Å². The van der Waals surface area contributed by atoms with E-state index in [9.17, 15) is 22.8 Å². The standard InChI is InChI=1S/C23H19F3N4O3S/c1-15-6-4-10-27-20(15)30-21(32)17-8-2-3-9-18(17)28-22(30)34-13-19(31)29(14-23(24,25)26)12-16-7-5-11-33-16/h2-11H,12-14H2,1H3. The minimum atomic E-state index is -4.58. The van der Waals surface area contributed by atoms with Gasteiger partial charge in [-0.05, 0) is 42.8 Å². The van der Waals surface area contributed by atoms with Gasteiger partial charge in [0.25, 0.3) is 5.56 Å². The minimum absolute atomic E-state index is 0.156. The number of nitrogens with zero attached hydrogens (tertiary/aromatic N) is 4. The molecule has 0 aliphatic rings. The van der Waals surface area contributed by atoms with Crippen LogP contribution in [-0.4, -0.2) is 43.8 Å². The molecule has 0 N–H and O–H groups in total. The van der Waals surface area contributed by atoms with Crippen molar-refractivity contribution in [3.05, 3.63) is 82.7 Å². The fourth-order valence-corrected chi connectivity index (χ4v) is 4.26. The molecule has 1 amide bonds. The predicted molar refractivity (Wildman–Crippen MR) is 121 cm³/mol. The molecule has 0 aliphatic carbocycles. The number of furan rings is 1. The van der Waals surface area contributed by atoms with Crippen molar-refractivity contribution in [2.75, 3.05) is 12.3 Å². The highest BCUT2D eigenvalue weighted by Crippen LogP contribution is 2.24. The lowest BCUT2D eigenvalue weighted by molar-refractivity contribution is -0.161. The summed E-state index contributed by atoms with van der Waals surface area (Å²) in [6.07, 6.45) is -1.73. The number of fused-ring (bicyclic) bond motifs is 1. The topological polar surface area (TPSA) is 81.2 Å². The molecular weight excluding hydrogens is 469 g/mol. The zero-order valence-corrected chi connectivity index (χ0v) is 18.8. The van der Waals surface area contributed by atoms with E-state index in [1.807, 2.05) is 0 Å². The van der Waals surface area contributed by atoms with Gasteiger partial charge in [0.05, 0.1) is 29.5 Å². The molecule has 1 aromatic carbocycles. The molecule has 176 valence electrons. The van der Waals surface area contributed by atoms with E-state index in [1.54, 1.807) is 43.3 Å². The first kappa shape index (κ1) is 23.6. The van der Waals surface area contributed by atoms with Crippen LogP contribution in [0, 0.1) is 6.92 Å². The number of hydrogen-bond donors (Lipinski definition) is 0. The Morgan fingerprint density at radius 3 is 2.65 bits per heavy atom. The normalized spacial score (nSPS) is 11.6. The summed E-state index contributed by atoms with van der Waals surface area (Å²) >= 11 is 0.877. The van der Waals surface area contributed by atoms with Crippen molar-refractivity contribution in [1.29, 1.82) is 0 Å². The predicted octanol–water partition coefficient (Wildman–Crippen LogP) is 4.37. The number of amides is 1. The van der Waals surface area contributed by atoms with Crippen molar-refractivity contribution >= 4 is 28.6 Å². The summed E-state index contributed by atoms with van der Waals surface area (Å²) in [5.74, 6) is -0.575. The van der Waals surface area contributed by atoms with E-state index in [0.717, 1.165) is 11.8 Å². The fourth-order valence-electron chi connectivity index (χ4n) is 3.36. The molecule has 3 aromatic heterocycles. The average Bonchev–Trinajstić information content (AvgIpc) is 3.30. The maximum Gasteiger partial charge on any atom is 0.406 e. The number of alkyl halides is 3. The Balaban J connectivity index is 1.68. The van der Waals surface area contributed by atoms with E-state index in [1.165, 1.54) is 29.2 Å². The van der Waals surface area contributed by atoms with Crippen LogP contribution in [0.15, 0.2) is 75.4 Å². The second kappa shape index (κ2) is 9.72. The molecule has 0 fully saturated rings. The summed E-state index contributed by atoms with van der Waals surface area (Å²) in [4.78, 5) is 35.6. The third-order valence-corrected chi connectivity index (χ3v) is 5.84. The van der Waals surface area contributed by atoms with Crippen molar-refractivity contribution in [2.24, 2.45) is 0 Å². The Morgan fingerprint density at radius 1 is 1.15 bits per heavy atom. The molecule has 3 heterocycles. The van der Waals surface area contributed by atoms with Gasteiger partial charge < -0.3 is 9.32 Å². The first-order chi connectivity index (χ1) is 16.2. The highest BCUT2D eigenvalue weighted by molar-refractivity contribution is 7.99. The Hall–Kier alpha value is -3.60. The van der Waals surface area contributed by atoms with Gasteiger partial charge in [-0.3, -0.25) is 9.59 Å². The van der Waals surface area contributed by atoms with E-state index in [4.69, 9.17) is 4.42 Å². The number of rotatable bonds is 7. The molecule has 0 unspecified atom stereocenters. The van der Waals surface area contributed by atoms with Gasteiger partial charge in [-0.25, -0.2) is 14.5 Å². The SMILES string of the molecule is Cc1cccnc1-n1c(SCC(=O)N(Cc2ccco2)CC(F)(F)F)nc2ccccc2c1=O. The van der Waals surface area contributed by atoms with Gasteiger partial charge in [-0.1, -0.05) is 30.0 Å². The Labute approximate surface area is 196 Å². The van der Waals surface area contributed by atoms with Gasteiger partial charge in [0, 0.05) is 6.20 Å². The van der Waals surface area contributed by atoms with Gasteiger partial charge in [0.15, 0.2) is 5.16 Å². The molecule has 4 aromatic rings. The molecular formula is C23H19F3N4O3S. The van der Waals surface area contributed by atoms with Crippen LogP contribution in [0.1, 0.15) is 11.3 Å². The zero-order chi connectivity index (χ0) is 24.3. The third kappa shape index (κ3) is 5.30. The number of halogens is 3. The molecule has 0 bridgehead atoms. The number of thioether (sulfide) groups is 1. The lowest BCUT2D eigenvalue weighted by Crippen LogP contribution is -2.39. The van der Waals surface area contributed by atoms with Crippen molar-refractivity contribution in [1.82, 2.24) is 19.4 Å². The summed E-state index contributed by atoms with van der Waals surface area (Å²) in [5.41, 5.74) is 0.728. The monoisotopic (exact) mass is 488 g/mol. The van der Waals surface area contributed by atoms with Crippen molar-refractivity contribution < 1.29 is 22.4 Å². The minimum Gasteiger partial charge on any atom is -0.467 e. The highest BCUT2D eigenvalue weighted by Gasteiger charge is 2.33. The van der Waals surface area contributed by atoms with E-state index in [-0.39, 0.29) is 28.8 Å². The molecule has 0 saturated carbocycles. The average molecular weight is 488 g/mol. The molecule has 0 atom stereocenters. The quantitative estimate of drug-likeness (QED) is 0.284. The number of hydrogen-bond acceptors (Lipinski definition) is 6. The van der Waals surface area contributed by atoms with Gasteiger partial charge in [0.1, 0.15) is 18.1 Å². The Bertz CT molecular complexity index is 1370. The number of para-hydroxylation sites is 1. The van der Waals surface area contributed by atoms with E-state index >= 15 is 0 Å². The second-order valence-corrected chi connectivity index (χ2v) is 8.37. The van der Waals surface area contributed by atoms with Crippen LogP contribution in [0.2, 0.25) is 0 Å². The Kier molecular flexibility index (Phi) is 6.73. The second-order valence-electron chi connectivity index (χ2n) is 7.43. The van der Waals surface area contributed by atoms with Crippen LogP contribution >= 0.6 is 11.8 Å². The largest absolute Gasteiger partial charge is 0.467 e. The molecule has 11 heteroatoms. The van der Waals surface area contributed by atoms with Crippen LogP contribution in [0.5, 0.6) is 0 Å². The fraction of sp³-hybridized carbons (Fsp3) is 0.217.